The number of nitrogens with one attached hydrogen (secondary N) is 1. The smallest absolute Gasteiger partial charge is 0.231 e. The summed E-state index contributed by atoms with van der Waals surface area (Å²) in [6.45, 7) is 2.40. The first-order valence-corrected chi connectivity index (χ1v) is 7.80. The Balaban J connectivity index is 1.42. The molecule has 1 saturated heterocycles. The third-order valence-electron chi connectivity index (χ3n) is 5.23. The predicted octanol–water partition coefficient (Wildman–Crippen LogP) is 2.57. The van der Waals surface area contributed by atoms with Crippen LogP contribution in [0.4, 0.5) is 4.39 Å². The first-order chi connectivity index (χ1) is 11.3. The van der Waals surface area contributed by atoms with Gasteiger partial charge >= 0.3 is 0 Å². The number of rotatable bonds is 3. The van der Waals surface area contributed by atoms with Gasteiger partial charge in [-0.3, -0.25) is 0 Å². The van der Waals surface area contributed by atoms with Gasteiger partial charge in [-0.1, -0.05) is 12.1 Å². The summed E-state index contributed by atoms with van der Waals surface area (Å²) in [5, 5.41) is 3.39. The van der Waals surface area contributed by atoms with Gasteiger partial charge in [0.1, 0.15) is 11.6 Å². The molecule has 118 valence electrons. The molecule has 2 aromatic rings. The van der Waals surface area contributed by atoms with Crippen LogP contribution in [0.5, 0.6) is 17.2 Å². The molecule has 0 aromatic heterocycles. The number of benzene rings is 2. The standard InChI is InChI=1S/C18H16FNO3/c19-14-3-1-2-12-17(14)13-7-20-8-18(12,13)9-21-11-4-5-15-16(6-11)23-10-22-15/h1-6,13,20H,7-10H2/t13-,18-/m1/s1. The molecule has 0 spiro atoms. The van der Waals surface area contributed by atoms with Crippen molar-refractivity contribution in [2.45, 2.75) is 11.3 Å². The second kappa shape index (κ2) is 4.61. The average Bonchev–Trinajstić information content (AvgIpc) is 3.15. The second-order valence-electron chi connectivity index (χ2n) is 6.34. The molecular weight excluding hydrogens is 297 g/mol. The summed E-state index contributed by atoms with van der Waals surface area (Å²) >= 11 is 0. The highest BCUT2D eigenvalue weighted by atomic mass is 19.1. The van der Waals surface area contributed by atoms with Gasteiger partial charge in [0.05, 0.1) is 12.0 Å². The normalized spacial score (nSPS) is 26.4. The van der Waals surface area contributed by atoms with Crippen LogP contribution in [0.15, 0.2) is 36.4 Å². The largest absolute Gasteiger partial charge is 0.492 e. The Kier molecular flexibility index (Phi) is 2.65. The van der Waals surface area contributed by atoms with Gasteiger partial charge in [-0.2, -0.15) is 0 Å². The highest BCUT2D eigenvalue weighted by Crippen LogP contribution is 2.54. The molecule has 2 atom stereocenters. The summed E-state index contributed by atoms with van der Waals surface area (Å²) in [7, 11) is 0. The minimum Gasteiger partial charge on any atom is -0.492 e. The number of fused-ring (bicyclic) bond motifs is 5. The quantitative estimate of drug-likeness (QED) is 0.945. The van der Waals surface area contributed by atoms with E-state index < -0.39 is 0 Å². The SMILES string of the molecule is Fc1cccc2c1[C@H]1CNC[C@@]21COc1ccc2c(c1)OCO2. The number of ether oxygens (including phenoxy) is 3. The summed E-state index contributed by atoms with van der Waals surface area (Å²) in [6, 6.07) is 10.9. The number of hydrogen-bond acceptors (Lipinski definition) is 4. The highest BCUT2D eigenvalue weighted by molar-refractivity contribution is 5.54. The van der Waals surface area contributed by atoms with E-state index in [1.54, 1.807) is 12.1 Å². The van der Waals surface area contributed by atoms with E-state index in [0.29, 0.717) is 12.4 Å². The second-order valence-corrected chi connectivity index (χ2v) is 6.34. The number of halogens is 1. The van der Waals surface area contributed by atoms with E-state index >= 15 is 0 Å². The molecule has 2 aromatic carbocycles. The fourth-order valence-electron chi connectivity index (χ4n) is 4.08. The van der Waals surface area contributed by atoms with E-state index in [1.807, 2.05) is 24.3 Å². The average molecular weight is 313 g/mol. The van der Waals surface area contributed by atoms with Crippen molar-refractivity contribution >= 4 is 0 Å². The lowest BCUT2D eigenvalue weighted by atomic mass is 9.58. The Hall–Kier alpha value is -2.27. The molecule has 5 heteroatoms. The zero-order valence-corrected chi connectivity index (χ0v) is 12.5. The Morgan fingerprint density at radius 1 is 1.22 bits per heavy atom. The molecule has 5 rings (SSSR count). The first-order valence-electron chi connectivity index (χ1n) is 7.80. The molecule has 0 radical (unpaired) electrons. The summed E-state index contributed by atoms with van der Waals surface area (Å²) in [6.07, 6.45) is 0. The van der Waals surface area contributed by atoms with Gasteiger partial charge in [0.25, 0.3) is 0 Å². The van der Waals surface area contributed by atoms with Crippen molar-refractivity contribution in [3.8, 4) is 17.2 Å². The van der Waals surface area contributed by atoms with E-state index in [1.165, 1.54) is 0 Å². The molecular formula is C18H16FNO3. The van der Waals surface area contributed by atoms with Crippen LogP contribution in [0.25, 0.3) is 0 Å². The van der Waals surface area contributed by atoms with Crippen molar-refractivity contribution in [2.75, 3.05) is 26.5 Å². The van der Waals surface area contributed by atoms with Crippen molar-refractivity contribution in [1.29, 1.82) is 0 Å². The fourth-order valence-corrected chi connectivity index (χ4v) is 4.08. The Morgan fingerprint density at radius 2 is 2.13 bits per heavy atom. The molecule has 1 fully saturated rings. The van der Waals surface area contributed by atoms with E-state index in [2.05, 4.69) is 5.32 Å². The van der Waals surface area contributed by atoms with Gasteiger partial charge in [0.15, 0.2) is 11.5 Å². The summed E-state index contributed by atoms with van der Waals surface area (Å²) < 4.78 is 30.8. The van der Waals surface area contributed by atoms with E-state index in [4.69, 9.17) is 14.2 Å². The molecule has 2 aliphatic heterocycles. The van der Waals surface area contributed by atoms with Crippen molar-refractivity contribution in [3.05, 3.63) is 53.3 Å². The lowest BCUT2D eigenvalue weighted by Crippen LogP contribution is -2.48. The van der Waals surface area contributed by atoms with Crippen LogP contribution in [0.3, 0.4) is 0 Å². The summed E-state index contributed by atoms with van der Waals surface area (Å²) in [4.78, 5) is 0. The highest BCUT2D eigenvalue weighted by Gasteiger charge is 2.56. The van der Waals surface area contributed by atoms with Gasteiger partial charge < -0.3 is 19.5 Å². The molecule has 3 aliphatic rings. The third-order valence-corrected chi connectivity index (χ3v) is 5.23. The molecule has 23 heavy (non-hydrogen) atoms. The van der Waals surface area contributed by atoms with E-state index in [-0.39, 0.29) is 23.9 Å². The summed E-state index contributed by atoms with van der Waals surface area (Å²) in [5.74, 6) is 2.29. The minimum atomic E-state index is -0.131. The summed E-state index contributed by atoms with van der Waals surface area (Å²) in [5.41, 5.74) is 1.80. The van der Waals surface area contributed by atoms with Crippen molar-refractivity contribution in [1.82, 2.24) is 5.32 Å². The van der Waals surface area contributed by atoms with Gasteiger partial charge in [-0.15, -0.1) is 0 Å². The maximum Gasteiger partial charge on any atom is 0.231 e. The van der Waals surface area contributed by atoms with Crippen molar-refractivity contribution in [3.63, 3.8) is 0 Å². The van der Waals surface area contributed by atoms with Gasteiger partial charge in [-0.25, -0.2) is 4.39 Å². The van der Waals surface area contributed by atoms with Crippen LogP contribution in [0.2, 0.25) is 0 Å². The zero-order chi connectivity index (χ0) is 15.4. The van der Waals surface area contributed by atoms with E-state index in [9.17, 15) is 4.39 Å². The maximum absolute atomic E-state index is 14.1. The molecule has 0 saturated carbocycles. The zero-order valence-electron chi connectivity index (χ0n) is 12.5. The minimum absolute atomic E-state index is 0.102. The van der Waals surface area contributed by atoms with Gasteiger partial charge in [0.2, 0.25) is 6.79 Å². The van der Waals surface area contributed by atoms with Gasteiger partial charge in [-0.05, 0) is 29.3 Å². The molecule has 0 unspecified atom stereocenters. The Morgan fingerprint density at radius 3 is 3.09 bits per heavy atom. The molecule has 0 bridgehead atoms. The van der Waals surface area contributed by atoms with Crippen LogP contribution >= 0.6 is 0 Å². The third kappa shape index (κ3) is 1.74. The Labute approximate surface area is 133 Å². The molecule has 4 nitrogen and oxygen atoms in total. The monoisotopic (exact) mass is 313 g/mol. The van der Waals surface area contributed by atoms with Gasteiger partial charge in [0, 0.05) is 25.1 Å². The Bertz CT molecular complexity index is 794. The van der Waals surface area contributed by atoms with Crippen molar-refractivity contribution < 1.29 is 18.6 Å². The molecule has 1 aliphatic carbocycles. The molecule has 1 N–H and O–H groups in total. The van der Waals surface area contributed by atoms with Crippen LogP contribution < -0.4 is 19.5 Å². The predicted molar refractivity (Wildman–Crippen MR) is 81.7 cm³/mol. The first kappa shape index (κ1) is 13.2. The van der Waals surface area contributed by atoms with Crippen LogP contribution in [-0.2, 0) is 5.41 Å². The lowest BCUT2D eigenvalue weighted by molar-refractivity contribution is 0.173. The van der Waals surface area contributed by atoms with E-state index in [0.717, 1.165) is 35.7 Å². The lowest BCUT2D eigenvalue weighted by Gasteiger charge is -2.46. The topological polar surface area (TPSA) is 39.7 Å². The van der Waals surface area contributed by atoms with Crippen LogP contribution in [-0.4, -0.2) is 26.5 Å². The van der Waals surface area contributed by atoms with Crippen LogP contribution in [0, 0.1) is 5.82 Å². The maximum atomic E-state index is 14.1. The number of hydrogen-bond donors (Lipinski definition) is 1. The molecule has 2 heterocycles. The van der Waals surface area contributed by atoms with Crippen molar-refractivity contribution in [2.24, 2.45) is 0 Å². The van der Waals surface area contributed by atoms with Crippen LogP contribution in [0.1, 0.15) is 17.0 Å². The molecule has 0 amide bonds. The fraction of sp³-hybridized carbons (Fsp3) is 0.333.